The summed E-state index contributed by atoms with van der Waals surface area (Å²) in [5.74, 6) is 0.234. The number of nitrogens with zero attached hydrogens (tertiary/aromatic N) is 3. The summed E-state index contributed by atoms with van der Waals surface area (Å²) >= 11 is 7.06. The molecule has 1 aliphatic rings. The normalized spacial score (nSPS) is 15.5. The van der Waals surface area contributed by atoms with Crippen LogP contribution in [0.25, 0.3) is 0 Å². The minimum absolute atomic E-state index is 0.232. The molecule has 0 bridgehead atoms. The van der Waals surface area contributed by atoms with Crippen molar-refractivity contribution in [2.75, 3.05) is 24.3 Å². The molecule has 1 atom stereocenters. The van der Waals surface area contributed by atoms with Gasteiger partial charge in [0.15, 0.2) is 0 Å². The van der Waals surface area contributed by atoms with E-state index in [4.69, 9.17) is 16.3 Å². The lowest BCUT2D eigenvalue weighted by atomic mass is 10.2. The molecule has 10 heteroatoms. The number of hydrogen-bond acceptors (Lipinski definition) is 6. The van der Waals surface area contributed by atoms with E-state index in [0.717, 1.165) is 12.8 Å². The smallest absolute Gasteiger partial charge is 0.322 e. The van der Waals surface area contributed by atoms with Gasteiger partial charge < -0.3 is 20.3 Å². The number of halogens is 1. The number of ether oxygens (including phenoxy) is 1. The third-order valence-electron chi connectivity index (χ3n) is 4.88. The second kappa shape index (κ2) is 9.32. The van der Waals surface area contributed by atoms with Crippen molar-refractivity contribution in [3.05, 3.63) is 63.6 Å². The SMILES string of the molecule is COc1ccccc1NC(=O)N1CCC[C@H]1c1nnc(C(=O)Nc2ccc(Cl)cc2)s1. The van der Waals surface area contributed by atoms with Gasteiger partial charge in [0.05, 0.1) is 18.8 Å². The zero-order valence-corrected chi connectivity index (χ0v) is 18.2. The molecular formula is C21H20ClN5O3S. The van der Waals surface area contributed by atoms with Crippen molar-refractivity contribution < 1.29 is 14.3 Å². The van der Waals surface area contributed by atoms with E-state index in [0.29, 0.717) is 33.7 Å². The predicted octanol–water partition coefficient (Wildman–Crippen LogP) is 4.82. The monoisotopic (exact) mass is 457 g/mol. The van der Waals surface area contributed by atoms with E-state index < -0.39 is 0 Å². The van der Waals surface area contributed by atoms with E-state index in [9.17, 15) is 9.59 Å². The fourth-order valence-electron chi connectivity index (χ4n) is 3.38. The molecule has 0 radical (unpaired) electrons. The molecule has 1 aromatic heterocycles. The first-order valence-electron chi connectivity index (χ1n) is 9.66. The standard InChI is InChI=1S/C21H20ClN5O3S/c1-30-17-7-3-2-5-15(17)24-21(29)27-12-4-6-16(27)19-25-26-20(31-19)18(28)23-14-10-8-13(22)9-11-14/h2-3,5,7-11,16H,4,6,12H2,1H3,(H,23,28)(H,24,29)/t16-/m0/s1. The number of aromatic nitrogens is 2. The first-order valence-corrected chi connectivity index (χ1v) is 10.9. The Balaban J connectivity index is 1.45. The van der Waals surface area contributed by atoms with Crippen LogP contribution in [-0.4, -0.2) is 40.7 Å². The molecule has 3 amide bonds. The van der Waals surface area contributed by atoms with Crippen molar-refractivity contribution >= 4 is 46.3 Å². The molecule has 2 N–H and O–H groups in total. The Kier molecular flexibility index (Phi) is 6.34. The summed E-state index contributed by atoms with van der Waals surface area (Å²) in [6.07, 6.45) is 1.60. The molecular weight excluding hydrogens is 438 g/mol. The van der Waals surface area contributed by atoms with Crippen molar-refractivity contribution in [3.63, 3.8) is 0 Å². The maximum absolute atomic E-state index is 12.9. The highest BCUT2D eigenvalue weighted by Gasteiger charge is 2.33. The summed E-state index contributed by atoms with van der Waals surface area (Å²) in [7, 11) is 1.56. The maximum Gasteiger partial charge on any atom is 0.322 e. The molecule has 2 aromatic carbocycles. The Hall–Kier alpha value is -3.17. The zero-order chi connectivity index (χ0) is 21.8. The van der Waals surface area contributed by atoms with Crippen molar-refractivity contribution in [3.8, 4) is 5.75 Å². The number of benzene rings is 2. The lowest BCUT2D eigenvalue weighted by molar-refractivity contribution is 0.102. The van der Waals surface area contributed by atoms with Gasteiger partial charge >= 0.3 is 6.03 Å². The van der Waals surface area contributed by atoms with Gasteiger partial charge in [0.1, 0.15) is 10.8 Å². The number of carbonyl (C=O) groups is 2. The molecule has 160 valence electrons. The second-order valence-corrected chi connectivity index (χ2v) is 8.33. The van der Waals surface area contributed by atoms with Crippen LogP contribution in [0.5, 0.6) is 5.75 Å². The van der Waals surface area contributed by atoms with Crippen LogP contribution in [0.1, 0.15) is 33.7 Å². The average Bonchev–Trinajstić information content (AvgIpc) is 3.45. The number of likely N-dealkylation sites (tertiary alicyclic amines) is 1. The number of amides is 3. The van der Waals surface area contributed by atoms with E-state index >= 15 is 0 Å². The summed E-state index contributed by atoms with van der Waals surface area (Å²) in [5.41, 5.74) is 1.21. The van der Waals surface area contributed by atoms with Gasteiger partial charge in [-0.3, -0.25) is 4.79 Å². The maximum atomic E-state index is 12.9. The highest BCUT2D eigenvalue weighted by molar-refractivity contribution is 7.13. The number of rotatable bonds is 5. The Morgan fingerprint density at radius 1 is 1.13 bits per heavy atom. The first kappa shape index (κ1) is 21.1. The number of hydrogen-bond donors (Lipinski definition) is 2. The van der Waals surface area contributed by atoms with Crippen molar-refractivity contribution in [1.82, 2.24) is 15.1 Å². The van der Waals surface area contributed by atoms with E-state index in [1.165, 1.54) is 11.3 Å². The van der Waals surface area contributed by atoms with Crippen LogP contribution in [0.3, 0.4) is 0 Å². The Bertz CT molecular complexity index is 1090. The number of carbonyl (C=O) groups excluding carboxylic acids is 2. The van der Waals surface area contributed by atoms with Crippen LogP contribution in [0.4, 0.5) is 16.2 Å². The van der Waals surface area contributed by atoms with Gasteiger partial charge in [0.25, 0.3) is 5.91 Å². The minimum Gasteiger partial charge on any atom is -0.495 e. The number of para-hydroxylation sites is 2. The van der Waals surface area contributed by atoms with Crippen molar-refractivity contribution in [2.45, 2.75) is 18.9 Å². The van der Waals surface area contributed by atoms with E-state index in [-0.39, 0.29) is 23.0 Å². The van der Waals surface area contributed by atoms with E-state index in [1.54, 1.807) is 48.4 Å². The van der Waals surface area contributed by atoms with Crippen LogP contribution in [0.2, 0.25) is 5.02 Å². The van der Waals surface area contributed by atoms with Crippen LogP contribution in [0, 0.1) is 0 Å². The molecule has 0 unspecified atom stereocenters. The Morgan fingerprint density at radius 3 is 2.68 bits per heavy atom. The first-order chi connectivity index (χ1) is 15.0. The predicted molar refractivity (Wildman–Crippen MR) is 120 cm³/mol. The number of anilines is 2. The highest BCUT2D eigenvalue weighted by Crippen LogP contribution is 2.35. The number of nitrogens with one attached hydrogen (secondary N) is 2. The lowest BCUT2D eigenvalue weighted by Crippen LogP contribution is -2.34. The average molecular weight is 458 g/mol. The second-order valence-electron chi connectivity index (χ2n) is 6.89. The molecule has 1 saturated heterocycles. The van der Waals surface area contributed by atoms with Crippen molar-refractivity contribution in [2.24, 2.45) is 0 Å². The van der Waals surface area contributed by atoms with Crippen LogP contribution in [0.15, 0.2) is 48.5 Å². The Morgan fingerprint density at radius 2 is 1.90 bits per heavy atom. The lowest BCUT2D eigenvalue weighted by Gasteiger charge is -2.23. The molecule has 0 aliphatic carbocycles. The van der Waals surface area contributed by atoms with Gasteiger partial charge in [-0.05, 0) is 49.2 Å². The summed E-state index contributed by atoms with van der Waals surface area (Å²) < 4.78 is 5.30. The molecule has 31 heavy (non-hydrogen) atoms. The van der Waals surface area contributed by atoms with Gasteiger partial charge in [-0.1, -0.05) is 35.1 Å². The largest absolute Gasteiger partial charge is 0.495 e. The minimum atomic E-state index is -0.353. The van der Waals surface area contributed by atoms with Crippen LogP contribution in [-0.2, 0) is 0 Å². The molecule has 2 heterocycles. The molecule has 1 fully saturated rings. The van der Waals surface area contributed by atoms with Gasteiger partial charge in [-0.2, -0.15) is 0 Å². The summed E-state index contributed by atoms with van der Waals surface area (Å²) in [6.45, 7) is 0.595. The van der Waals surface area contributed by atoms with Gasteiger partial charge in [-0.25, -0.2) is 4.79 Å². The third-order valence-corrected chi connectivity index (χ3v) is 6.16. The van der Waals surface area contributed by atoms with Crippen molar-refractivity contribution in [1.29, 1.82) is 0 Å². The molecule has 0 saturated carbocycles. The topological polar surface area (TPSA) is 96.4 Å². The quantitative estimate of drug-likeness (QED) is 0.572. The molecule has 1 aliphatic heterocycles. The number of methoxy groups -OCH3 is 1. The van der Waals surface area contributed by atoms with Gasteiger partial charge in [-0.15, -0.1) is 10.2 Å². The van der Waals surface area contributed by atoms with Gasteiger partial charge in [0, 0.05) is 17.3 Å². The third kappa shape index (κ3) is 4.78. The fourth-order valence-corrected chi connectivity index (χ4v) is 4.39. The summed E-state index contributed by atoms with van der Waals surface area (Å²) in [4.78, 5) is 27.1. The molecule has 3 aromatic rings. The molecule has 4 rings (SSSR count). The highest BCUT2D eigenvalue weighted by atomic mass is 35.5. The van der Waals surface area contributed by atoms with E-state index in [2.05, 4.69) is 20.8 Å². The zero-order valence-electron chi connectivity index (χ0n) is 16.7. The summed E-state index contributed by atoms with van der Waals surface area (Å²) in [6, 6.07) is 13.6. The summed E-state index contributed by atoms with van der Waals surface area (Å²) in [5, 5.41) is 15.3. The van der Waals surface area contributed by atoms with Gasteiger partial charge in [0.2, 0.25) is 5.01 Å². The molecule has 8 nitrogen and oxygen atoms in total. The van der Waals surface area contributed by atoms with Crippen LogP contribution < -0.4 is 15.4 Å². The molecule has 0 spiro atoms. The van der Waals surface area contributed by atoms with E-state index in [1.807, 2.05) is 12.1 Å². The number of urea groups is 1. The van der Waals surface area contributed by atoms with Crippen LogP contribution >= 0.6 is 22.9 Å². The fraction of sp³-hybridized carbons (Fsp3) is 0.238. The Labute approximate surface area is 188 Å².